The van der Waals surface area contributed by atoms with Crippen molar-refractivity contribution >= 4 is 19.7 Å². The highest BCUT2D eigenvalue weighted by atomic mass is 35.7. The van der Waals surface area contributed by atoms with Crippen LogP contribution >= 0.6 is 10.7 Å². The molecule has 0 aromatic heterocycles. The first kappa shape index (κ1) is 17.3. The van der Waals surface area contributed by atoms with Crippen molar-refractivity contribution in [2.75, 3.05) is 19.5 Å². The van der Waals surface area contributed by atoms with E-state index in [1.54, 1.807) is 7.11 Å². The Morgan fingerprint density at radius 2 is 2.05 bits per heavy atom. The molecule has 1 atom stereocenters. The van der Waals surface area contributed by atoms with Crippen molar-refractivity contribution in [3.8, 4) is 5.75 Å². The molecule has 1 unspecified atom stereocenters. The number of methoxy groups -OCH3 is 1. The maximum atomic E-state index is 10.9. The van der Waals surface area contributed by atoms with Gasteiger partial charge < -0.3 is 9.47 Å². The van der Waals surface area contributed by atoms with Crippen LogP contribution in [0.25, 0.3) is 0 Å². The molecule has 4 nitrogen and oxygen atoms in total. The molecule has 0 radical (unpaired) electrons. The summed E-state index contributed by atoms with van der Waals surface area (Å²) in [7, 11) is 3.45. The van der Waals surface area contributed by atoms with Gasteiger partial charge in [0.15, 0.2) is 0 Å². The standard InChI is InChI=1S/C14H21ClO4S/c1-12(7-9-20(15,16)17)6-8-19-14-5-3-4-13(10-14)11-18-2/h3-5,10,12H,6-9,11H2,1-2H3. The van der Waals surface area contributed by atoms with Crippen LogP contribution in [-0.4, -0.2) is 27.9 Å². The van der Waals surface area contributed by atoms with E-state index in [1.807, 2.05) is 31.2 Å². The van der Waals surface area contributed by atoms with Gasteiger partial charge in [-0.1, -0.05) is 19.1 Å². The second-order valence-electron chi connectivity index (χ2n) is 4.85. The summed E-state index contributed by atoms with van der Waals surface area (Å²) < 4.78 is 32.4. The van der Waals surface area contributed by atoms with Crippen molar-refractivity contribution in [1.29, 1.82) is 0 Å². The van der Waals surface area contributed by atoms with E-state index in [0.717, 1.165) is 17.7 Å². The second-order valence-corrected chi connectivity index (χ2v) is 7.75. The smallest absolute Gasteiger partial charge is 0.232 e. The Hall–Kier alpha value is -0.780. The fourth-order valence-electron chi connectivity index (χ4n) is 1.76. The van der Waals surface area contributed by atoms with Gasteiger partial charge in [-0.15, -0.1) is 0 Å². The van der Waals surface area contributed by atoms with Gasteiger partial charge >= 0.3 is 0 Å². The summed E-state index contributed by atoms with van der Waals surface area (Å²) in [4.78, 5) is 0. The lowest BCUT2D eigenvalue weighted by Crippen LogP contribution is -2.08. The zero-order chi connectivity index (χ0) is 15.0. The van der Waals surface area contributed by atoms with Crippen molar-refractivity contribution < 1.29 is 17.9 Å². The van der Waals surface area contributed by atoms with Crippen LogP contribution in [0, 0.1) is 5.92 Å². The maximum absolute atomic E-state index is 10.9. The Labute approximate surface area is 125 Å². The van der Waals surface area contributed by atoms with Crippen LogP contribution < -0.4 is 4.74 Å². The summed E-state index contributed by atoms with van der Waals surface area (Å²) in [5.74, 6) is 1.07. The molecule has 0 aliphatic carbocycles. The molecular weight excluding hydrogens is 300 g/mol. The van der Waals surface area contributed by atoms with Gasteiger partial charge in [-0.25, -0.2) is 8.42 Å². The first-order valence-electron chi connectivity index (χ1n) is 6.53. The summed E-state index contributed by atoms with van der Waals surface area (Å²) in [6, 6.07) is 7.74. The predicted molar refractivity (Wildman–Crippen MR) is 80.7 cm³/mol. The minimum absolute atomic E-state index is 0.0129. The molecule has 1 rings (SSSR count). The van der Waals surface area contributed by atoms with Gasteiger partial charge in [0.2, 0.25) is 9.05 Å². The second kappa shape index (κ2) is 8.49. The number of benzene rings is 1. The van der Waals surface area contributed by atoms with Crippen LogP contribution in [0.5, 0.6) is 5.75 Å². The minimum Gasteiger partial charge on any atom is -0.494 e. The van der Waals surface area contributed by atoms with Gasteiger partial charge in [-0.2, -0.15) is 0 Å². The third-order valence-electron chi connectivity index (χ3n) is 2.94. The predicted octanol–water partition coefficient (Wildman–Crippen LogP) is 3.20. The van der Waals surface area contributed by atoms with Crippen LogP contribution in [0.3, 0.4) is 0 Å². The molecule has 20 heavy (non-hydrogen) atoms. The molecule has 0 spiro atoms. The number of hydrogen-bond acceptors (Lipinski definition) is 4. The van der Waals surface area contributed by atoms with Gasteiger partial charge in [0.1, 0.15) is 5.75 Å². The number of rotatable bonds is 9. The Morgan fingerprint density at radius 3 is 2.70 bits per heavy atom. The van der Waals surface area contributed by atoms with Crippen LogP contribution in [0.4, 0.5) is 0 Å². The molecule has 0 heterocycles. The highest BCUT2D eigenvalue weighted by Gasteiger charge is 2.09. The molecule has 1 aromatic rings. The van der Waals surface area contributed by atoms with E-state index < -0.39 is 9.05 Å². The molecule has 0 bridgehead atoms. The third-order valence-corrected chi connectivity index (χ3v) is 4.13. The van der Waals surface area contributed by atoms with Crippen molar-refractivity contribution in [1.82, 2.24) is 0 Å². The fraction of sp³-hybridized carbons (Fsp3) is 0.571. The maximum Gasteiger partial charge on any atom is 0.232 e. The lowest BCUT2D eigenvalue weighted by atomic mass is 10.1. The van der Waals surface area contributed by atoms with Gasteiger partial charge in [0, 0.05) is 17.8 Å². The molecule has 1 aromatic carbocycles. The monoisotopic (exact) mass is 320 g/mol. The zero-order valence-electron chi connectivity index (χ0n) is 11.8. The molecule has 0 saturated heterocycles. The van der Waals surface area contributed by atoms with Crippen molar-refractivity contribution in [3.05, 3.63) is 29.8 Å². The lowest BCUT2D eigenvalue weighted by Gasteiger charge is -2.12. The summed E-state index contributed by atoms with van der Waals surface area (Å²) in [6.07, 6.45) is 1.35. The lowest BCUT2D eigenvalue weighted by molar-refractivity contribution is 0.184. The van der Waals surface area contributed by atoms with Crippen LogP contribution in [0.1, 0.15) is 25.3 Å². The molecule has 6 heteroatoms. The Balaban J connectivity index is 2.31. The highest BCUT2D eigenvalue weighted by molar-refractivity contribution is 8.13. The highest BCUT2D eigenvalue weighted by Crippen LogP contribution is 2.16. The molecular formula is C14H21ClO4S. The normalized spacial score (nSPS) is 13.2. The zero-order valence-corrected chi connectivity index (χ0v) is 13.4. The van der Waals surface area contributed by atoms with E-state index in [1.165, 1.54) is 0 Å². The van der Waals surface area contributed by atoms with Crippen LogP contribution in [-0.2, 0) is 20.4 Å². The van der Waals surface area contributed by atoms with E-state index in [2.05, 4.69) is 0 Å². The van der Waals surface area contributed by atoms with E-state index in [0.29, 0.717) is 19.6 Å². The molecule has 0 amide bonds. The molecule has 0 aliphatic heterocycles. The first-order valence-corrected chi connectivity index (χ1v) is 9.01. The largest absolute Gasteiger partial charge is 0.494 e. The summed E-state index contributed by atoms with van der Waals surface area (Å²) in [5.41, 5.74) is 1.06. The topological polar surface area (TPSA) is 52.6 Å². The van der Waals surface area contributed by atoms with E-state index in [-0.39, 0.29) is 11.7 Å². The molecule has 0 aliphatic rings. The summed E-state index contributed by atoms with van der Waals surface area (Å²) >= 11 is 0. The summed E-state index contributed by atoms with van der Waals surface area (Å²) in [6.45, 7) is 3.11. The Morgan fingerprint density at radius 1 is 1.30 bits per heavy atom. The number of ether oxygens (including phenoxy) is 2. The van der Waals surface area contributed by atoms with Crippen molar-refractivity contribution in [2.24, 2.45) is 5.92 Å². The van der Waals surface area contributed by atoms with Crippen LogP contribution in [0.2, 0.25) is 0 Å². The third kappa shape index (κ3) is 7.72. The SMILES string of the molecule is COCc1cccc(OCCC(C)CCS(=O)(=O)Cl)c1. The average molecular weight is 321 g/mol. The Kier molecular flexibility index (Phi) is 7.34. The van der Waals surface area contributed by atoms with Gasteiger partial charge in [-0.05, 0) is 36.5 Å². The quantitative estimate of drug-likeness (QED) is 0.656. The molecule has 0 fully saturated rings. The number of hydrogen-bond donors (Lipinski definition) is 0. The molecule has 114 valence electrons. The van der Waals surface area contributed by atoms with Crippen LogP contribution in [0.15, 0.2) is 24.3 Å². The molecule has 0 N–H and O–H groups in total. The number of halogens is 1. The van der Waals surface area contributed by atoms with E-state index >= 15 is 0 Å². The van der Waals surface area contributed by atoms with Gasteiger partial charge in [-0.3, -0.25) is 0 Å². The van der Waals surface area contributed by atoms with Crippen molar-refractivity contribution in [3.63, 3.8) is 0 Å². The minimum atomic E-state index is -3.39. The van der Waals surface area contributed by atoms with Gasteiger partial charge in [0.05, 0.1) is 19.0 Å². The molecule has 0 saturated carbocycles. The Bertz CT molecular complexity index is 502. The van der Waals surface area contributed by atoms with E-state index in [9.17, 15) is 8.42 Å². The van der Waals surface area contributed by atoms with Gasteiger partial charge in [0.25, 0.3) is 0 Å². The first-order chi connectivity index (χ1) is 9.40. The fourth-order valence-corrected chi connectivity index (χ4v) is 2.71. The van der Waals surface area contributed by atoms with E-state index in [4.69, 9.17) is 20.2 Å². The van der Waals surface area contributed by atoms with Crippen molar-refractivity contribution in [2.45, 2.75) is 26.4 Å². The average Bonchev–Trinajstić information content (AvgIpc) is 2.36. The summed E-state index contributed by atoms with van der Waals surface area (Å²) in [5, 5.41) is 0.